The van der Waals surface area contributed by atoms with Crippen molar-refractivity contribution in [1.82, 2.24) is 4.90 Å². The number of ether oxygens (including phenoxy) is 1. The van der Waals surface area contributed by atoms with E-state index in [0.717, 1.165) is 38.6 Å². The molecule has 0 unspecified atom stereocenters. The van der Waals surface area contributed by atoms with Crippen LogP contribution in [0.1, 0.15) is 24.8 Å². The van der Waals surface area contributed by atoms with Crippen molar-refractivity contribution < 1.29 is 17.9 Å². The third kappa shape index (κ3) is 6.42. The van der Waals surface area contributed by atoms with E-state index in [0.29, 0.717) is 21.3 Å². The minimum Gasteiger partial charge on any atom is -0.487 e. The number of carbonyl (C=O) groups excluding carboxylic acids is 1. The lowest BCUT2D eigenvalue weighted by Crippen LogP contribution is -2.38. The van der Waals surface area contributed by atoms with Gasteiger partial charge in [-0.1, -0.05) is 23.2 Å². The molecule has 1 saturated heterocycles. The summed E-state index contributed by atoms with van der Waals surface area (Å²) in [5, 5.41) is 3.83. The summed E-state index contributed by atoms with van der Waals surface area (Å²) < 4.78 is 31.7. The minimum atomic E-state index is -3.52. The molecule has 0 aliphatic carbocycles. The van der Waals surface area contributed by atoms with Gasteiger partial charge < -0.3 is 15.0 Å². The summed E-state index contributed by atoms with van der Waals surface area (Å²) >= 11 is 12.2. The molecule has 0 saturated carbocycles. The van der Waals surface area contributed by atoms with Gasteiger partial charge in [0.15, 0.2) is 0 Å². The van der Waals surface area contributed by atoms with Crippen LogP contribution >= 0.6 is 23.2 Å². The molecule has 2 amide bonds. The maximum absolute atomic E-state index is 12.5. The summed E-state index contributed by atoms with van der Waals surface area (Å²) in [4.78, 5) is 14.2. The van der Waals surface area contributed by atoms with Gasteiger partial charge in [0.1, 0.15) is 12.4 Å². The van der Waals surface area contributed by atoms with Gasteiger partial charge in [0.05, 0.1) is 11.9 Å². The first-order chi connectivity index (χ1) is 14.2. The number of nitrogens with one attached hydrogen (secondary N) is 2. The Balaban J connectivity index is 1.80. The van der Waals surface area contributed by atoms with E-state index < -0.39 is 10.0 Å². The summed E-state index contributed by atoms with van der Waals surface area (Å²) in [5.41, 5.74) is 1.40. The zero-order valence-electron chi connectivity index (χ0n) is 16.5. The highest BCUT2D eigenvalue weighted by molar-refractivity contribution is 7.92. The number of hydrogen-bond donors (Lipinski definition) is 2. The molecule has 0 atom stereocenters. The number of benzene rings is 2. The van der Waals surface area contributed by atoms with Gasteiger partial charge in [0.25, 0.3) is 0 Å². The first-order valence-corrected chi connectivity index (χ1v) is 12.1. The van der Waals surface area contributed by atoms with Crippen molar-refractivity contribution in [2.24, 2.45) is 0 Å². The highest BCUT2D eigenvalue weighted by Gasteiger charge is 2.18. The standard InChI is InChI=1S/C20H23Cl2N3O4S/c1-30(27,28)24-18-8-6-16(23-20(26)25-9-3-2-4-10-25)12-19(18)29-13-14-11-15(21)5-7-17(14)22/h5-8,11-12,24H,2-4,9-10,13H2,1H3,(H,23,26). The summed E-state index contributed by atoms with van der Waals surface area (Å²) in [6.45, 7) is 1.51. The van der Waals surface area contributed by atoms with Crippen LogP contribution in [0.25, 0.3) is 0 Å². The number of nitrogens with zero attached hydrogens (tertiary/aromatic N) is 1. The SMILES string of the molecule is CS(=O)(=O)Nc1ccc(NC(=O)N2CCCCC2)cc1OCc1cc(Cl)ccc1Cl. The first-order valence-electron chi connectivity index (χ1n) is 9.46. The zero-order chi connectivity index (χ0) is 21.7. The highest BCUT2D eigenvalue weighted by Crippen LogP contribution is 2.31. The van der Waals surface area contributed by atoms with E-state index in [9.17, 15) is 13.2 Å². The maximum atomic E-state index is 12.5. The Morgan fingerprint density at radius 2 is 1.83 bits per heavy atom. The number of piperidine rings is 1. The molecule has 2 N–H and O–H groups in total. The van der Waals surface area contributed by atoms with Gasteiger partial charge in [0.2, 0.25) is 10.0 Å². The lowest BCUT2D eigenvalue weighted by Gasteiger charge is -2.27. The molecule has 7 nitrogen and oxygen atoms in total. The number of halogens is 2. The molecule has 0 spiro atoms. The number of urea groups is 1. The van der Waals surface area contributed by atoms with Crippen molar-refractivity contribution in [2.45, 2.75) is 25.9 Å². The molecular weight excluding hydrogens is 449 g/mol. The van der Waals surface area contributed by atoms with E-state index >= 15 is 0 Å². The lowest BCUT2D eigenvalue weighted by atomic mass is 10.1. The fraction of sp³-hybridized carbons (Fsp3) is 0.350. The van der Waals surface area contributed by atoms with Gasteiger partial charge in [-0.25, -0.2) is 13.2 Å². The molecule has 1 aliphatic rings. The van der Waals surface area contributed by atoms with Crippen LogP contribution < -0.4 is 14.8 Å². The van der Waals surface area contributed by atoms with Crippen molar-refractivity contribution in [3.63, 3.8) is 0 Å². The smallest absolute Gasteiger partial charge is 0.321 e. The van der Waals surface area contributed by atoms with Crippen LogP contribution in [0.4, 0.5) is 16.2 Å². The average Bonchev–Trinajstić information content (AvgIpc) is 2.70. The van der Waals surface area contributed by atoms with E-state index in [-0.39, 0.29) is 24.1 Å². The second-order valence-electron chi connectivity index (χ2n) is 7.09. The molecule has 162 valence electrons. The van der Waals surface area contributed by atoms with Crippen LogP contribution in [0.2, 0.25) is 10.0 Å². The van der Waals surface area contributed by atoms with Crippen LogP contribution in [0.15, 0.2) is 36.4 Å². The molecule has 3 rings (SSSR count). The second-order valence-corrected chi connectivity index (χ2v) is 9.68. The van der Waals surface area contributed by atoms with Crippen molar-refractivity contribution in [1.29, 1.82) is 0 Å². The minimum absolute atomic E-state index is 0.0708. The number of amides is 2. The van der Waals surface area contributed by atoms with Crippen molar-refractivity contribution >= 4 is 50.6 Å². The van der Waals surface area contributed by atoms with Gasteiger partial charge in [-0.15, -0.1) is 0 Å². The van der Waals surface area contributed by atoms with Gasteiger partial charge in [-0.2, -0.15) is 0 Å². The van der Waals surface area contributed by atoms with Gasteiger partial charge in [-0.05, 0) is 49.6 Å². The Bertz CT molecular complexity index is 1020. The Morgan fingerprint density at radius 3 is 2.53 bits per heavy atom. The van der Waals surface area contributed by atoms with Crippen molar-refractivity contribution in [2.75, 3.05) is 29.4 Å². The molecular formula is C20H23Cl2N3O4S. The summed E-state index contributed by atoms with van der Waals surface area (Å²) in [7, 11) is -3.52. The molecule has 1 heterocycles. The molecule has 0 radical (unpaired) electrons. The lowest BCUT2D eigenvalue weighted by molar-refractivity contribution is 0.200. The monoisotopic (exact) mass is 471 g/mol. The zero-order valence-corrected chi connectivity index (χ0v) is 18.8. The van der Waals surface area contributed by atoms with Crippen LogP contribution in [0.5, 0.6) is 5.75 Å². The third-order valence-electron chi connectivity index (χ3n) is 4.56. The van der Waals surface area contributed by atoms with E-state index in [4.69, 9.17) is 27.9 Å². The molecule has 1 aliphatic heterocycles. The predicted molar refractivity (Wildman–Crippen MR) is 120 cm³/mol. The number of sulfonamides is 1. The summed E-state index contributed by atoms with van der Waals surface area (Å²) in [5.74, 6) is 0.257. The van der Waals surface area contributed by atoms with E-state index in [1.54, 1.807) is 41.3 Å². The van der Waals surface area contributed by atoms with Gasteiger partial charge in [-0.3, -0.25) is 4.72 Å². The fourth-order valence-electron chi connectivity index (χ4n) is 3.11. The third-order valence-corrected chi connectivity index (χ3v) is 5.76. The van der Waals surface area contributed by atoms with Crippen LogP contribution in [0.3, 0.4) is 0 Å². The van der Waals surface area contributed by atoms with E-state index in [1.807, 2.05) is 0 Å². The largest absolute Gasteiger partial charge is 0.487 e. The topological polar surface area (TPSA) is 87.7 Å². The Kier molecular flexibility index (Phi) is 7.33. The van der Waals surface area contributed by atoms with Crippen molar-refractivity contribution in [3.8, 4) is 5.75 Å². The molecule has 1 fully saturated rings. The van der Waals surface area contributed by atoms with Crippen LogP contribution in [0, 0.1) is 0 Å². The predicted octanol–water partition coefficient (Wildman–Crippen LogP) is 4.96. The Morgan fingerprint density at radius 1 is 1.10 bits per heavy atom. The summed E-state index contributed by atoms with van der Waals surface area (Å²) in [6.07, 6.45) is 4.15. The van der Waals surface area contributed by atoms with Gasteiger partial charge in [0, 0.05) is 40.5 Å². The Labute approximate surface area is 186 Å². The maximum Gasteiger partial charge on any atom is 0.321 e. The summed E-state index contributed by atoms with van der Waals surface area (Å²) in [6, 6.07) is 9.55. The van der Waals surface area contributed by atoms with Crippen LogP contribution in [-0.2, 0) is 16.6 Å². The molecule has 0 bridgehead atoms. The number of carbonyl (C=O) groups is 1. The normalized spacial score (nSPS) is 14.3. The first kappa shape index (κ1) is 22.5. The average molecular weight is 472 g/mol. The van der Waals surface area contributed by atoms with E-state index in [2.05, 4.69) is 10.0 Å². The van der Waals surface area contributed by atoms with Gasteiger partial charge >= 0.3 is 6.03 Å². The number of likely N-dealkylation sites (tertiary alicyclic amines) is 1. The molecule has 2 aromatic rings. The van der Waals surface area contributed by atoms with E-state index in [1.165, 1.54) is 0 Å². The fourth-order valence-corrected chi connectivity index (χ4v) is 4.05. The quantitative estimate of drug-likeness (QED) is 0.622. The Hall–Kier alpha value is -2.16. The number of anilines is 2. The van der Waals surface area contributed by atoms with Crippen LogP contribution in [-0.4, -0.2) is 38.7 Å². The number of hydrogen-bond acceptors (Lipinski definition) is 4. The second kappa shape index (κ2) is 9.76. The van der Waals surface area contributed by atoms with Crippen molar-refractivity contribution in [3.05, 3.63) is 52.0 Å². The molecule has 2 aromatic carbocycles. The number of rotatable bonds is 6. The highest BCUT2D eigenvalue weighted by atomic mass is 35.5. The molecule has 0 aromatic heterocycles. The molecule has 10 heteroatoms. The molecule has 30 heavy (non-hydrogen) atoms.